The van der Waals surface area contributed by atoms with Crippen molar-refractivity contribution in [3.63, 3.8) is 0 Å². The Balaban J connectivity index is 2.92. The Morgan fingerprint density at radius 3 is 1.36 bits per heavy atom. The number of hydroxylamine groups is 1. The van der Waals surface area contributed by atoms with Gasteiger partial charge in [0.05, 0.1) is 6.61 Å². The van der Waals surface area contributed by atoms with Crippen molar-refractivity contribution < 1.29 is 9.63 Å². The molecule has 0 aromatic rings. The molecule has 0 atom stereocenters. The molecular formula is C19H38NO2. The van der Waals surface area contributed by atoms with E-state index in [-0.39, 0.29) is 0 Å². The molecule has 0 rings (SSSR count). The minimum absolute atomic E-state index is 0.451. The first-order valence-electron chi connectivity index (χ1n) is 9.67. The number of hydrogen-bond donors (Lipinski definition) is 0. The lowest BCUT2D eigenvalue weighted by atomic mass is 10.0. The monoisotopic (exact) mass is 312 g/mol. The lowest BCUT2D eigenvalue weighted by molar-refractivity contribution is -0.121. The van der Waals surface area contributed by atoms with Gasteiger partial charge in [-0.3, -0.25) is 4.79 Å². The maximum Gasteiger partial charge on any atom is 0.257 e. The average molecular weight is 313 g/mol. The molecule has 3 nitrogen and oxygen atoms in total. The van der Waals surface area contributed by atoms with Crippen LogP contribution in [0.5, 0.6) is 0 Å². The number of nitrogens with zero attached hydrogens (tertiary/aromatic N) is 1. The van der Waals surface area contributed by atoms with Crippen LogP contribution in [0.4, 0.5) is 0 Å². The van der Waals surface area contributed by atoms with Crippen LogP contribution in [0.1, 0.15) is 110 Å². The van der Waals surface area contributed by atoms with Crippen LogP contribution in [0.2, 0.25) is 0 Å². The minimum atomic E-state index is 0.451. The molecule has 3 heteroatoms. The molecule has 1 amide bonds. The van der Waals surface area contributed by atoms with Crippen LogP contribution in [-0.2, 0) is 9.63 Å². The summed E-state index contributed by atoms with van der Waals surface area (Å²) >= 11 is 0. The van der Waals surface area contributed by atoms with Crippen molar-refractivity contribution in [2.24, 2.45) is 0 Å². The van der Waals surface area contributed by atoms with E-state index in [0.29, 0.717) is 13.0 Å². The molecule has 0 aliphatic heterocycles. The normalized spacial score (nSPS) is 10.8. The number of carbonyl (C=O) groups excluding carboxylic acids is 1. The Kier molecular flexibility index (Phi) is 19.9. The van der Waals surface area contributed by atoms with Crippen LogP contribution in [0, 0.1) is 0 Å². The fourth-order valence-electron chi connectivity index (χ4n) is 2.80. The van der Waals surface area contributed by atoms with Crippen molar-refractivity contribution in [1.29, 1.82) is 0 Å². The zero-order chi connectivity index (χ0) is 16.1. The molecule has 0 spiro atoms. The van der Waals surface area contributed by atoms with Crippen LogP contribution < -0.4 is 5.48 Å². The lowest BCUT2D eigenvalue weighted by Crippen LogP contribution is -2.04. The molecule has 0 heterocycles. The number of carbonyl (C=O) groups is 1. The van der Waals surface area contributed by atoms with Gasteiger partial charge < -0.3 is 0 Å². The van der Waals surface area contributed by atoms with Crippen molar-refractivity contribution >= 4 is 6.41 Å². The number of hydrogen-bond acceptors (Lipinski definition) is 2. The summed E-state index contributed by atoms with van der Waals surface area (Å²) in [5.41, 5.74) is 3.20. The van der Waals surface area contributed by atoms with Crippen LogP contribution >= 0.6 is 0 Å². The van der Waals surface area contributed by atoms with Crippen molar-refractivity contribution in [2.45, 2.75) is 110 Å². The predicted octanol–water partition coefficient (Wildman–Crippen LogP) is 5.94. The lowest BCUT2D eigenvalue weighted by Gasteiger charge is -2.03. The number of rotatable bonds is 19. The fourth-order valence-corrected chi connectivity index (χ4v) is 2.80. The second-order valence-corrected chi connectivity index (χ2v) is 6.35. The molecule has 0 aromatic heterocycles. The van der Waals surface area contributed by atoms with Gasteiger partial charge in [-0.05, 0) is 6.42 Å². The Morgan fingerprint density at radius 2 is 1.00 bits per heavy atom. The summed E-state index contributed by atoms with van der Waals surface area (Å²) in [5, 5.41) is 0. The minimum Gasteiger partial charge on any atom is -0.274 e. The molecule has 0 bridgehead atoms. The molecule has 0 aliphatic carbocycles. The third-order valence-corrected chi connectivity index (χ3v) is 4.21. The third-order valence-electron chi connectivity index (χ3n) is 4.21. The fraction of sp³-hybridized carbons (Fsp3) is 0.947. The average Bonchev–Trinajstić information content (AvgIpc) is 2.54. The summed E-state index contributed by atoms with van der Waals surface area (Å²) < 4.78 is 0. The van der Waals surface area contributed by atoms with Gasteiger partial charge in [0.15, 0.2) is 0 Å². The van der Waals surface area contributed by atoms with E-state index in [0.717, 1.165) is 6.42 Å². The highest BCUT2D eigenvalue weighted by Gasteiger charge is 1.95. The Bertz CT molecular complexity index is 210. The summed E-state index contributed by atoms with van der Waals surface area (Å²) in [4.78, 5) is 14.6. The summed E-state index contributed by atoms with van der Waals surface area (Å²) in [7, 11) is 0. The first-order chi connectivity index (χ1) is 10.9. The molecule has 0 aromatic carbocycles. The van der Waals surface area contributed by atoms with E-state index < -0.39 is 0 Å². The first-order valence-corrected chi connectivity index (χ1v) is 9.67. The van der Waals surface area contributed by atoms with Crippen molar-refractivity contribution in [3.8, 4) is 0 Å². The van der Waals surface area contributed by atoms with Gasteiger partial charge in [0.25, 0.3) is 6.41 Å². The highest BCUT2D eigenvalue weighted by atomic mass is 16.6. The van der Waals surface area contributed by atoms with E-state index in [4.69, 9.17) is 4.84 Å². The maximum atomic E-state index is 9.89. The van der Waals surface area contributed by atoms with Gasteiger partial charge in [0, 0.05) is 0 Å². The Morgan fingerprint density at radius 1 is 0.636 bits per heavy atom. The van der Waals surface area contributed by atoms with Crippen LogP contribution in [0.3, 0.4) is 0 Å². The van der Waals surface area contributed by atoms with E-state index in [1.54, 1.807) is 0 Å². The van der Waals surface area contributed by atoms with E-state index in [1.807, 2.05) is 0 Å². The van der Waals surface area contributed by atoms with Gasteiger partial charge in [-0.25, -0.2) is 4.84 Å². The molecule has 0 aliphatic rings. The SMILES string of the molecule is CCCCCCCCCCCCCCCCCCO[N]C=O. The summed E-state index contributed by atoms with van der Waals surface area (Å²) in [6.45, 7) is 2.86. The smallest absolute Gasteiger partial charge is 0.257 e. The zero-order valence-electron chi connectivity index (χ0n) is 14.9. The van der Waals surface area contributed by atoms with E-state index in [9.17, 15) is 4.79 Å². The van der Waals surface area contributed by atoms with Crippen molar-refractivity contribution in [1.82, 2.24) is 5.48 Å². The highest BCUT2D eigenvalue weighted by molar-refractivity contribution is 5.43. The molecule has 0 N–H and O–H groups in total. The van der Waals surface area contributed by atoms with Crippen LogP contribution in [0.25, 0.3) is 0 Å². The largest absolute Gasteiger partial charge is 0.274 e. The first kappa shape index (κ1) is 21.4. The van der Waals surface area contributed by atoms with Crippen LogP contribution in [-0.4, -0.2) is 13.0 Å². The van der Waals surface area contributed by atoms with Gasteiger partial charge in [0.1, 0.15) is 0 Å². The maximum absolute atomic E-state index is 9.89. The highest BCUT2D eigenvalue weighted by Crippen LogP contribution is 2.13. The Hall–Kier alpha value is -0.570. The third kappa shape index (κ3) is 19.4. The van der Waals surface area contributed by atoms with Gasteiger partial charge in [-0.15, -0.1) is 0 Å². The predicted molar refractivity (Wildman–Crippen MR) is 93.7 cm³/mol. The molecule has 0 unspecified atom stereocenters. The molecule has 131 valence electrons. The molecule has 0 saturated carbocycles. The van der Waals surface area contributed by atoms with Gasteiger partial charge in [0.2, 0.25) is 0 Å². The quantitative estimate of drug-likeness (QED) is 0.168. The second-order valence-electron chi connectivity index (χ2n) is 6.35. The second kappa shape index (κ2) is 20.4. The molecule has 0 saturated heterocycles. The zero-order valence-corrected chi connectivity index (χ0v) is 14.9. The summed E-state index contributed by atoms with van der Waals surface area (Å²) in [6, 6.07) is 0. The molecule has 1 radical (unpaired) electrons. The van der Waals surface area contributed by atoms with Crippen molar-refractivity contribution in [3.05, 3.63) is 0 Å². The van der Waals surface area contributed by atoms with Crippen molar-refractivity contribution in [2.75, 3.05) is 6.61 Å². The van der Waals surface area contributed by atoms with Gasteiger partial charge >= 0.3 is 0 Å². The topological polar surface area (TPSA) is 40.4 Å². The van der Waals surface area contributed by atoms with Gasteiger partial charge in [-0.2, -0.15) is 0 Å². The Labute approximate surface area is 138 Å². The number of amides is 1. The van der Waals surface area contributed by atoms with E-state index >= 15 is 0 Å². The van der Waals surface area contributed by atoms with Crippen LogP contribution in [0.15, 0.2) is 0 Å². The molecular weight excluding hydrogens is 274 g/mol. The summed E-state index contributed by atoms with van der Waals surface area (Å²) in [5.74, 6) is 0. The van der Waals surface area contributed by atoms with Gasteiger partial charge in [-0.1, -0.05) is 109 Å². The molecule has 0 fully saturated rings. The number of unbranched alkanes of at least 4 members (excludes halogenated alkanes) is 15. The summed E-state index contributed by atoms with van der Waals surface area (Å²) in [6.07, 6.45) is 22.3. The van der Waals surface area contributed by atoms with E-state index in [2.05, 4.69) is 12.4 Å². The standard InChI is InChI=1S/C19H38NO2/c1-2-3-4-5-6-7-8-9-10-11-12-13-14-15-16-17-18-22-20-19-21/h19H,2-18H2,1H3. The van der Waals surface area contributed by atoms with E-state index in [1.165, 1.54) is 96.3 Å². The molecule has 22 heavy (non-hydrogen) atoms.